The van der Waals surface area contributed by atoms with Gasteiger partial charge < -0.3 is 10.6 Å². The fraction of sp³-hybridized carbons (Fsp3) is 0.538. The van der Waals surface area contributed by atoms with Crippen LogP contribution in [0.4, 0.5) is 0 Å². The minimum Gasteiger partial charge on any atom is -0.398 e. The van der Waals surface area contributed by atoms with Gasteiger partial charge in [0.15, 0.2) is 5.70 Å². The number of hydrogen-bond donors (Lipinski definition) is 1. The van der Waals surface area contributed by atoms with Crippen molar-refractivity contribution in [2.24, 2.45) is 10.7 Å². The van der Waals surface area contributed by atoms with E-state index in [0.29, 0.717) is 17.4 Å². The number of allylic oxidation sites excluding steroid dienone is 4. The van der Waals surface area contributed by atoms with E-state index in [1.807, 2.05) is 19.9 Å². The van der Waals surface area contributed by atoms with Gasteiger partial charge in [0.2, 0.25) is 0 Å². The quantitative estimate of drug-likeness (QED) is 0.596. The zero-order chi connectivity index (χ0) is 12.8. The van der Waals surface area contributed by atoms with E-state index in [0.717, 1.165) is 18.7 Å². The van der Waals surface area contributed by atoms with Crippen molar-refractivity contribution in [2.45, 2.75) is 39.7 Å². The Morgan fingerprint density at radius 2 is 2.35 bits per heavy atom. The van der Waals surface area contributed by atoms with E-state index in [1.165, 1.54) is 6.42 Å². The van der Waals surface area contributed by atoms with E-state index < -0.39 is 0 Å². The molecule has 2 N–H and O–H groups in total. The van der Waals surface area contributed by atoms with Gasteiger partial charge in [0.05, 0.1) is 6.21 Å². The van der Waals surface area contributed by atoms with Crippen molar-refractivity contribution in [3.05, 3.63) is 23.2 Å². The molecule has 0 aliphatic carbocycles. The molecule has 92 valence electrons. The summed E-state index contributed by atoms with van der Waals surface area (Å²) in [6, 6.07) is 2.64. The number of aliphatic imine (C=N–C) groups is 1. The molecule has 4 nitrogen and oxygen atoms in total. The number of nitrogens with two attached hydrogens (primary N) is 1. The molecule has 0 amide bonds. The van der Waals surface area contributed by atoms with Gasteiger partial charge in [-0.2, -0.15) is 5.26 Å². The minimum absolute atomic E-state index is 0.448. The van der Waals surface area contributed by atoms with Crippen LogP contribution in [0.15, 0.2) is 28.2 Å². The second kappa shape index (κ2) is 6.09. The summed E-state index contributed by atoms with van der Waals surface area (Å²) in [7, 11) is 0. The lowest BCUT2D eigenvalue weighted by molar-refractivity contribution is 0.151. The molecule has 0 aromatic rings. The van der Waals surface area contributed by atoms with Gasteiger partial charge in [0, 0.05) is 24.0 Å². The molecule has 1 atom stereocenters. The van der Waals surface area contributed by atoms with Crippen LogP contribution >= 0.6 is 0 Å². The Labute approximate surface area is 103 Å². The van der Waals surface area contributed by atoms with Crippen LogP contribution in [0.2, 0.25) is 0 Å². The first-order valence-electron chi connectivity index (χ1n) is 5.97. The Kier molecular flexibility index (Phi) is 4.77. The van der Waals surface area contributed by atoms with Crippen molar-refractivity contribution < 1.29 is 0 Å². The predicted molar refractivity (Wildman–Crippen MR) is 70.2 cm³/mol. The number of hydrogen-bond acceptors (Lipinski definition) is 4. The monoisotopic (exact) mass is 232 g/mol. The Hall–Kier alpha value is -1.76. The van der Waals surface area contributed by atoms with Gasteiger partial charge in [-0.25, -0.2) is 4.99 Å². The highest BCUT2D eigenvalue weighted by Crippen LogP contribution is 2.24. The summed E-state index contributed by atoms with van der Waals surface area (Å²) in [6.45, 7) is 7.10. The highest BCUT2D eigenvalue weighted by atomic mass is 15.2. The summed E-state index contributed by atoms with van der Waals surface area (Å²) >= 11 is 0. The molecule has 1 aliphatic heterocycles. The average Bonchev–Trinajstić information content (AvgIpc) is 2.28. The highest BCUT2D eigenvalue weighted by Gasteiger charge is 2.25. The van der Waals surface area contributed by atoms with Crippen molar-refractivity contribution in [2.75, 3.05) is 6.54 Å². The Balaban J connectivity index is 2.81. The van der Waals surface area contributed by atoms with Gasteiger partial charge in [-0.15, -0.1) is 0 Å². The average molecular weight is 232 g/mol. The number of nitriles is 1. The Bertz CT molecular complexity index is 398. The zero-order valence-corrected chi connectivity index (χ0v) is 10.8. The molecule has 1 rings (SSSR count). The molecule has 0 aromatic carbocycles. The lowest BCUT2D eigenvalue weighted by Gasteiger charge is -2.41. The molecule has 1 aliphatic rings. The van der Waals surface area contributed by atoms with E-state index in [2.05, 4.69) is 22.9 Å². The maximum Gasteiger partial charge on any atom is 0.159 e. The summed E-state index contributed by atoms with van der Waals surface area (Å²) in [5, 5.41) is 9.09. The summed E-state index contributed by atoms with van der Waals surface area (Å²) in [5.41, 5.74) is 7.69. The smallest absolute Gasteiger partial charge is 0.159 e. The van der Waals surface area contributed by atoms with Crippen LogP contribution in [-0.2, 0) is 0 Å². The maximum atomic E-state index is 9.09. The molecule has 1 unspecified atom stereocenters. The normalized spacial score (nSPS) is 22.1. The Morgan fingerprint density at radius 3 is 2.76 bits per heavy atom. The van der Waals surface area contributed by atoms with Crippen LogP contribution in [-0.4, -0.2) is 23.7 Å². The molecule has 0 radical (unpaired) electrons. The van der Waals surface area contributed by atoms with Gasteiger partial charge in [-0.1, -0.05) is 13.0 Å². The van der Waals surface area contributed by atoms with E-state index in [-0.39, 0.29) is 0 Å². The van der Waals surface area contributed by atoms with Crippen LogP contribution in [0.25, 0.3) is 0 Å². The highest BCUT2D eigenvalue weighted by molar-refractivity contribution is 5.78. The number of likely N-dealkylation sites (tertiary alicyclic amines) is 1. The predicted octanol–water partition coefficient (Wildman–Crippen LogP) is 2.16. The van der Waals surface area contributed by atoms with Gasteiger partial charge in [-0.3, -0.25) is 0 Å². The van der Waals surface area contributed by atoms with E-state index in [4.69, 9.17) is 11.0 Å². The third kappa shape index (κ3) is 3.35. The van der Waals surface area contributed by atoms with Gasteiger partial charge >= 0.3 is 0 Å². The van der Waals surface area contributed by atoms with Crippen LogP contribution in [0, 0.1) is 11.3 Å². The van der Waals surface area contributed by atoms with Crippen molar-refractivity contribution in [3.63, 3.8) is 0 Å². The molecule has 1 saturated heterocycles. The molecule has 0 bridgehead atoms. The Morgan fingerprint density at radius 1 is 1.65 bits per heavy atom. The summed E-state index contributed by atoms with van der Waals surface area (Å²) in [6.07, 6.45) is 5.47. The topological polar surface area (TPSA) is 65.4 Å². The van der Waals surface area contributed by atoms with Crippen molar-refractivity contribution in [1.29, 1.82) is 5.26 Å². The van der Waals surface area contributed by atoms with Crippen LogP contribution in [0.3, 0.4) is 0 Å². The summed E-state index contributed by atoms with van der Waals surface area (Å²) in [5.74, 6) is 0. The first kappa shape index (κ1) is 13.3. The lowest BCUT2D eigenvalue weighted by Crippen LogP contribution is -2.44. The van der Waals surface area contributed by atoms with E-state index >= 15 is 0 Å². The second-order valence-corrected chi connectivity index (χ2v) is 4.25. The standard InChI is InChI=1S/C13H20N4/c1-4-5-12(15)9-16-13(8-14)11(3)17-7-6-10(17)2/h5,9-10H,4,6-7,15H2,1-3H3/b12-5-,13-11+,16-9-. The maximum absolute atomic E-state index is 9.09. The lowest BCUT2D eigenvalue weighted by atomic mass is 10.0. The third-order valence-electron chi connectivity index (χ3n) is 2.98. The first-order chi connectivity index (χ1) is 8.10. The van der Waals surface area contributed by atoms with Crippen molar-refractivity contribution in [3.8, 4) is 6.07 Å². The number of nitrogens with zero attached hydrogens (tertiary/aromatic N) is 3. The van der Waals surface area contributed by atoms with Crippen LogP contribution in [0.5, 0.6) is 0 Å². The van der Waals surface area contributed by atoms with Gasteiger partial charge in [-0.05, 0) is 26.7 Å². The number of rotatable bonds is 4. The fourth-order valence-corrected chi connectivity index (χ4v) is 1.78. The van der Waals surface area contributed by atoms with Gasteiger partial charge in [0.1, 0.15) is 6.07 Å². The largest absolute Gasteiger partial charge is 0.398 e. The SMILES string of the molecule is CC/C=C(N)/C=N\C(C#N)=C(/C)N1CCC1C. The zero-order valence-electron chi connectivity index (χ0n) is 10.8. The molecule has 1 fully saturated rings. The molecular weight excluding hydrogens is 212 g/mol. The molecule has 17 heavy (non-hydrogen) atoms. The molecule has 0 spiro atoms. The van der Waals surface area contributed by atoms with Crippen molar-refractivity contribution >= 4 is 6.21 Å². The molecular formula is C13H20N4. The first-order valence-corrected chi connectivity index (χ1v) is 5.97. The molecule has 0 saturated carbocycles. The van der Waals surface area contributed by atoms with Crippen LogP contribution < -0.4 is 5.73 Å². The van der Waals surface area contributed by atoms with E-state index in [1.54, 1.807) is 6.21 Å². The van der Waals surface area contributed by atoms with Crippen molar-refractivity contribution in [1.82, 2.24) is 4.90 Å². The summed E-state index contributed by atoms with van der Waals surface area (Å²) < 4.78 is 0. The molecule has 4 heteroatoms. The molecule has 0 aromatic heterocycles. The van der Waals surface area contributed by atoms with E-state index in [9.17, 15) is 0 Å². The van der Waals surface area contributed by atoms with Gasteiger partial charge in [0.25, 0.3) is 0 Å². The second-order valence-electron chi connectivity index (χ2n) is 4.25. The molecule has 1 heterocycles. The minimum atomic E-state index is 0.448. The fourth-order valence-electron chi connectivity index (χ4n) is 1.78. The third-order valence-corrected chi connectivity index (χ3v) is 2.98. The van der Waals surface area contributed by atoms with Crippen LogP contribution in [0.1, 0.15) is 33.6 Å². The summed E-state index contributed by atoms with van der Waals surface area (Å²) in [4.78, 5) is 6.35.